The number of aromatic nitrogens is 4. The summed E-state index contributed by atoms with van der Waals surface area (Å²) in [5, 5.41) is 11.1. The van der Waals surface area contributed by atoms with Crippen LogP contribution in [0, 0.1) is 0 Å². The molecule has 1 aromatic carbocycles. The highest BCUT2D eigenvalue weighted by Crippen LogP contribution is 2.65. The van der Waals surface area contributed by atoms with E-state index in [-0.39, 0.29) is 23.6 Å². The van der Waals surface area contributed by atoms with E-state index in [0.717, 1.165) is 0 Å². The summed E-state index contributed by atoms with van der Waals surface area (Å²) in [6, 6.07) is 6.80. The fourth-order valence-electron chi connectivity index (χ4n) is 3.87. The normalized spacial score (nSPS) is 24.6. The Labute approximate surface area is 226 Å². The number of methoxy groups -OCH3 is 1. The predicted octanol–water partition coefficient (Wildman–Crippen LogP) is 0.715. The van der Waals surface area contributed by atoms with Gasteiger partial charge in [0.05, 0.1) is 26.7 Å². The molecule has 7 N–H and O–H groups in total. The number of imidazole rings is 1. The van der Waals surface area contributed by atoms with Crippen molar-refractivity contribution in [2.24, 2.45) is 0 Å². The first kappa shape index (κ1) is 30.7. The van der Waals surface area contributed by atoms with Crippen molar-refractivity contribution in [1.29, 1.82) is 0 Å². The van der Waals surface area contributed by atoms with Gasteiger partial charge in [-0.1, -0.05) is 12.1 Å². The fourth-order valence-corrected chi connectivity index (χ4v) is 8.22. The third-order valence-electron chi connectivity index (χ3n) is 5.57. The van der Waals surface area contributed by atoms with E-state index < -0.39 is 60.1 Å². The zero-order valence-electron chi connectivity index (χ0n) is 20.6. The van der Waals surface area contributed by atoms with Crippen LogP contribution in [0.25, 0.3) is 11.2 Å². The molecule has 0 saturated carbocycles. The molecular formula is C19H26N5O13P3. The molecule has 1 aliphatic rings. The number of hydrogen-bond donors (Lipinski definition) is 6. The maximum Gasteiger partial charge on any atom is 0.479 e. The standard InChI is InChI=1S/C19H26N5O13P3/c1-33-12-4-2-11(3-5-12)6-34-16-13(7-35-40(31,32)37-39(29,30)10-38(26,27)28)36-19(15(16)25)24-9-23-14-17(20)21-8-22-18(14)24/h2-5,8-9,13,15-16,19,25H,6-7,10H2,1H3,(H,29,30)(H,31,32)(H2,20,21,22)(H2,26,27,28)/t13-,15-,16-,19-/m1/s1. The van der Waals surface area contributed by atoms with Gasteiger partial charge in [0.25, 0.3) is 0 Å². The summed E-state index contributed by atoms with van der Waals surface area (Å²) < 4.78 is 62.4. The summed E-state index contributed by atoms with van der Waals surface area (Å²) in [5.74, 6) is -1.03. The van der Waals surface area contributed by atoms with Crippen molar-refractivity contribution in [1.82, 2.24) is 19.5 Å². The van der Waals surface area contributed by atoms with Gasteiger partial charge in [-0.05, 0) is 17.7 Å². The highest BCUT2D eigenvalue weighted by molar-refractivity contribution is 7.73. The first-order valence-corrected chi connectivity index (χ1v) is 16.3. The van der Waals surface area contributed by atoms with Crippen LogP contribution in [0.5, 0.6) is 5.75 Å². The van der Waals surface area contributed by atoms with Crippen molar-refractivity contribution in [3.05, 3.63) is 42.5 Å². The van der Waals surface area contributed by atoms with E-state index in [1.807, 2.05) is 0 Å². The van der Waals surface area contributed by atoms with Crippen LogP contribution in [0.15, 0.2) is 36.9 Å². The molecule has 0 bridgehead atoms. The van der Waals surface area contributed by atoms with Crippen molar-refractivity contribution in [3.63, 3.8) is 0 Å². The van der Waals surface area contributed by atoms with Crippen molar-refractivity contribution in [3.8, 4) is 5.75 Å². The molecule has 1 aliphatic heterocycles. The van der Waals surface area contributed by atoms with Crippen LogP contribution < -0.4 is 10.5 Å². The van der Waals surface area contributed by atoms with Crippen LogP contribution >= 0.6 is 23.0 Å². The number of nitrogens with zero attached hydrogens (tertiary/aromatic N) is 4. The molecule has 18 nitrogen and oxygen atoms in total. The van der Waals surface area contributed by atoms with Crippen LogP contribution in [0.4, 0.5) is 5.82 Å². The van der Waals surface area contributed by atoms with Crippen LogP contribution in [0.1, 0.15) is 11.8 Å². The smallest absolute Gasteiger partial charge is 0.479 e. The highest BCUT2D eigenvalue weighted by Gasteiger charge is 2.48. The minimum Gasteiger partial charge on any atom is -0.497 e. The lowest BCUT2D eigenvalue weighted by atomic mass is 10.1. The van der Waals surface area contributed by atoms with Gasteiger partial charge in [0, 0.05) is 0 Å². The minimum absolute atomic E-state index is 0.0422. The zero-order valence-corrected chi connectivity index (χ0v) is 23.3. The Kier molecular flexibility index (Phi) is 9.12. The fraction of sp³-hybridized carbons (Fsp3) is 0.421. The molecular weight excluding hydrogens is 599 g/mol. The number of benzene rings is 1. The van der Waals surface area contributed by atoms with Gasteiger partial charge in [-0.2, -0.15) is 0 Å². The molecule has 4 rings (SSSR count). The third-order valence-corrected chi connectivity index (χ3v) is 10.8. The van der Waals surface area contributed by atoms with E-state index in [0.29, 0.717) is 11.3 Å². The Morgan fingerprint density at radius 3 is 2.42 bits per heavy atom. The van der Waals surface area contributed by atoms with Gasteiger partial charge in [0.2, 0.25) is 0 Å². The van der Waals surface area contributed by atoms with E-state index in [2.05, 4.69) is 19.3 Å². The van der Waals surface area contributed by atoms with Gasteiger partial charge in [-0.3, -0.25) is 18.2 Å². The second-order valence-electron chi connectivity index (χ2n) is 8.55. The first-order valence-electron chi connectivity index (χ1n) is 11.2. The highest BCUT2D eigenvalue weighted by atomic mass is 31.3. The molecule has 3 aromatic rings. The van der Waals surface area contributed by atoms with E-state index in [1.165, 1.54) is 24.3 Å². The van der Waals surface area contributed by atoms with Crippen LogP contribution in [0.3, 0.4) is 0 Å². The quantitative estimate of drug-likeness (QED) is 0.151. The molecule has 40 heavy (non-hydrogen) atoms. The molecule has 2 aromatic heterocycles. The topological polar surface area (TPSA) is 268 Å². The Bertz CT molecular complexity index is 1480. The Morgan fingerprint density at radius 2 is 1.77 bits per heavy atom. The Balaban J connectivity index is 1.54. The number of hydrogen-bond acceptors (Lipinski definition) is 13. The number of rotatable bonds is 12. The van der Waals surface area contributed by atoms with Crippen LogP contribution in [-0.2, 0) is 38.6 Å². The van der Waals surface area contributed by atoms with Gasteiger partial charge >= 0.3 is 23.0 Å². The van der Waals surface area contributed by atoms with Crippen molar-refractivity contribution < 1.29 is 61.4 Å². The van der Waals surface area contributed by atoms with Crippen molar-refractivity contribution in [2.75, 3.05) is 25.4 Å². The molecule has 6 atom stereocenters. The molecule has 2 unspecified atom stereocenters. The zero-order chi connectivity index (χ0) is 29.3. The average molecular weight is 625 g/mol. The molecule has 0 aliphatic carbocycles. The molecule has 21 heteroatoms. The summed E-state index contributed by atoms with van der Waals surface area (Å²) >= 11 is 0. The second kappa shape index (κ2) is 11.9. The number of aliphatic hydroxyl groups is 1. The number of anilines is 1. The van der Waals surface area contributed by atoms with Crippen LogP contribution in [-0.4, -0.2) is 82.1 Å². The number of fused-ring (bicyclic) bond motifs is 1. The summed E-state index contributed by atoms with van der Waals surface area (Å²) in [4.78, 5) is 49.4. The van der Waals surface area contributed by atoms with E-state index in [4.69, 9.17) is 34.3 Å². The number of phosphoric ester groups is 1. The maximum absolute atomic E-state index is 12.3. The second-order valence-corrected chi connectivity index (χ2v) is 14.1. The third kappa shape index (κ3) is 7.50. The SMILES string of the molecule is COc1ccc(CO[C@H]2[C@@H](O)[C@H](n3cnc4c(N)ncnc43)O[C@@H]2COP(=O)(O)OP(=O)(O)CP(=O)(O)O)cc1. The van der Waals surface area contributed by atoms with Gasteiger partial charge in [-0.25, -0.2) is 23.8 Å². The number of nitrogens with two attached hydrogens (primary N) is 1. The predicted molar refractivity (Wildman–Crippen MR) is 135 cm³/mol. The average Bonchev–Trinajstić information content (AvgIpc) is 3.41. The lowest BCUT2D eigenvalue weighted by Crippen LogP contribution is -2.36. The first-order chi connectivity index (χ1) is 18.7. The molecule has 220 valence electrons. The van der Waals surface area contributed by atoms with Crippen molar-refractivity contribution in [2.45, 2.75) is 31.1 Å². The largest absolute Gasteiger partial charge is 0.497 e. The van der Waals surface area contributed by atoms with E-state index in [1.54, 1.807) is 24.3 Å². The number of ether oxygens (including phenoxy) is 3. The molecule has 1 fully saturated rings. The lowest BCUT2D eigenvalue weighted by molar-refractivity contribution is -0.0637. The number of phosphoric acid groups is 1. The molecule has 0 spiro atoms. The molecule has 0 amide bonds. The Hall–Kier alpha value is -2.30. The van der Waals surface area contributed by atoms with Crippen molar-refractivity contribution >= 4 is 40.0 Å². The van der Waals surface area contributed by atoms with Crippen LogP contribution in [0.2, 0.25) is 0 Å². The Morgan fingerprint density at radius 1 is 1.07 bits per heavy atom. The van der Waals surface area contributed by atoms with Gasteiger partial charge in [-0.15, -0.1) is 0 Å². The lowest BCUT2D eigenvalue weighted by Gasteiger charge is -2.22. The molecule has 1 saturated heterocycles. The summed E-state index contributed by atoms with van der Waals surface area (Å²) in [6.07, 6.45) is -2.61. The molecule has 3 heterocycles. The summed E-state index contributed by atoms with van der Waals surface area (Å²) in [5.41, 5.74) is 6.94. The number of aliphatic hydroxyl groups excluding tert-OH is 1. The summed E-state index contributed by atoms with van der Waals surface area (Å²) in [6.45, 7) is -0.853. The minimum atomic E-state index is -5.35. The number of nitrogen functional groups attached to an aromatic ring is 1. The van der Waals surface area contributed by atoms with E-state index >= 15 is 0 Å². The van der Waals surface area contributed by atoms with Gasteiger partial charge in [0.1, 0.15) is 35.9 Å². The van der Waals surface area contributed by atoms with E-state index in [9.17, 15) is 28.6 Å². The molecule has 0 radical (unpaired) electrons. The van der Waals surface area contributed by atoms with Gasteiger partial charge < -0.3 is 44.6 Å². The monoisotopic (exact) mass is 625 g/mol. The summed E-state index contributed by atoms with van der Waals surface area (Å²) in [7, 11) is -14.2. The van der Waals surface area contributed by atoms with Gasteiger partial charge in [0.15, 0.2) is 23.6 Å². The maximum atomic E-state index is 12.3.